The number of carboxylic acids is 1. The molecule has 1 aromatic carbocycles. The maximum Gasteiger partial charge on any atom is 0.303 e. The molecule has 0 saturated heterocycles. The van der Waals surface area contributed by atoms with Crippen LogP contribution in [-0.2, 0) is 14.8 Å². The fraction of sp³-hybridized carbons (Fsp3) is 0.632. The predicted molar refractivity (Wildman–Crippen MR) is 117 cm³/mol. The number of nitro groups is 1. The second kappa shape index (κ2) is 16.5. The predicted octanol–water partition coefficient (Wildman–Crippen LogP) is 0.126. The topological polar surface area (TPSA) is 182 Å². The Balaban J connectivity index is 0.000000809. The van der Waals surface area contributed by atoms with Gasteiger partial charge < -0.3 is 20.4 Å². The molecule has 0 aromatic heterocycles. The minimum atomic E-state index is -3.94. The number of para-hydroxylation sites is 1. The van der Waals surface area contributed by atoms with E-state index < -0.39 is 26.6 Å². The molecule has 184 valence electrons. The van der Waals surface area contributed by atoms with Crippen LogP contribution in [0, 0.1) is 10.1 Å². The van der Waals surface area contributed by atoms with Crippen molar-refractivity contribution in [1.29, 1.82) is 0 Å². The molecule has 0 unspecified atom stereocenters. The van der Waals surface area contributed by atoms with Crippen molar-refractivity contribution in [2.45, 2.75) is 30.6 Å². The first kappa shape index (κ1) is 29.8. The van der Waals surface area contributed by atoms with Crippen molar-refractivity contribution in [3.05, 3.63) is 34.4 Å². The van der Waals surface area contributed by atoms with Crippen LogP contribution < -0.4 is 0 Å². The Kier molecular flexibility index (Phi) is 15.4. The number of nitrogens with zero attached hydrogens (tertiary/aromatic N) is 3. The first-order valence-electron chi connectivity index (χ1n) is 10.1. The molecule has 0 atom stereocenters. The summed E-state index contributed by atoms with van der Waals surface area (Å²) in [5.74, 6) is -0.888. The maximum atomic E-state index is 12.4. The summed E-state index contributed by atoms with van der Waals surface area (Å²) in [5.41, 5.74) is -0.458. The highest BCUT2D eigenvalue weighted by Crippen LogP contribution is 2.25. The summed E-state index contributed by atoms with van der Waals surface area (Å²) in [6.07, 6.45) is 1.57. The molecule has 0 bridgehead atoms. The van der Waals surface area contributed by atoms with Gasteiger partial charge in [-0.15, -0.1) is 0 Å². The third-order valence-electron chi connectivity index (χ3n) is 4.36. The van der Waals surface area contributed by atoms with Gasteiger partial charge in [0.25, 0.3) is 5.69 Å². The first-order chi connectivity index (χ1) is 15.1. The second-order valence-corrected chi connectivity index (χ2v) is 8.78. The van der Waals surface area contributed by atoms with Gasteiger partial charge in [0.05, 0.1) is 24.7 Å². The average molecular weight is 480 g/mol. The summed E-state index contributed by atoms with van der Waals surface area (Å²) in [6, 6.07) is 5.19. The van der Waals surface area contributed by atoms with E-state index in [4.69, 9.17) is 20.4 Å². The van der Waals surface area contributed by atoms with Gasteiger partial charge in [-0.05, 0) is 18.9 Å². The van der Waals surface area contributed by atoms with E-state index in [2.05, 4.69) is 0 Å². The van der Waals surface area contributed by atoms with E-state index >= 15 is 0 Å². The zero-order valence-corrected chi connectivity index (χ0v) is 19.0. The SMILES string of the molecule is CN(CCCCCC(=O)O)S(=O)(=O)c1ccccc1[N+](=O)[O-].OCCN(CCO)CCO. The van der Waals surface area contributed by atoms with Gasteiger partial charge in [0.2, 0.25) is 10.0 Å². The summed E-state index contributed by atoms with van der Waals surface area (Å²) >= 11 is 0. The minimum absolute atomic E-state index is 0.0423. The Morgan fingerprint density at radius 3 is 1.97 bits per heavy atom. The lowest BCUT2D eigenvalue weighted by Crippen LogP contribution is -2.32. The number of aliphatic hydroxyl groups excluding tert-OH is 3. The summed E-state index contributed by atoms with van der Waals surface area (Å²) in [5, 5.41) is 44.9. The second-order valence-electron chi connectivity index (χ2n) is 6.77. The van der Waals surface area contributed by atoms with Crippen LogP contribution in [0.2, 0.25) is 0 Å². The smallest absolute Gasteiger partial charge is 0.303 e. The number of sulfonamides is 1. The Bertz CT molecular complexity index is 776. The molecule has 0 heterocycles. The van der Waals surface area contributed by atoms with Gasteiger partial charge in [-0.1, -0.05) is 18.6 Å². The first-order valence-corrected chi connectivity index (χ1v) is 11.5. The normalized spacial score (nSPS) is 11.3. The quantitative estimate of drug-likeness (QED) is 0.153. The Morgan fingerprint density at radius 1 is 0.969 bits per heavy atom. The lowest BCUT2D eigenvalue weighted by Gasteiger charge is -2.17. The van der Waals surface area contributed by atoms with E-state index in [-0.39, 0.29) is 37.7 Å². The van der Waals surface area contributed by atoms with E-state index in [1.807, 2.05) is 0 Å². The molecule has 0 radical (unpaired) electrons. The largest absolute Gasteiger partial charge is 0.481 e. The molecular weight excluding hydrogens is 446 g/mol. The number of benzene rings is 1. The molecule has 0 fully saturated rings. The van der Waals surface area contributed by atoms with E-state index in [0.717, 1.165) is 10.4 Å². The van der Waals surface area contributed by atoms with Crippen LogP contribution in [0.5, 0.6) is 0 Å². The molecule has 1 rings (SSSR count). The summed E-state index contributed by atoms with van der Waals surface area (Å²) < 4.78 is 25.8. The Morgan fingerprint density at radius 2 is 1.50 bits per heavy atom. The van der Waals surface area contributed by atoms with E-state index in [1.165, 1.54) is 25.2 Å². The summed E-state index contributed by atoms with van der Waals surface area (Å²) in [7, 11) is -2.59. The molecule has 13 heteroatoms. The number of carbonyl (C=O) groups is 1. The van der Waals surface area contributed by atoms with Gasteiger partial charge in [0, 0.05) is 45.7 Å². The fourth-order valence-corrected chi connectivity index (χ4v) is 4.02. The van der Waals surface area contributed by atoms with Gasteiger partial charge in [0.15, 0.2) is 4.90 Å². The lowest BCUT2D eigenvalue weighted by atomic mass is 10.2. The highest BCUT2D eigenvalue weighted by Gasteiger charge is 2.28. The molecule has 32 heavy (non-hydrogen) atoms. The molecule has 0 aliphatic carbocycles. The van der Waals surface area contributed by atoms with Gasteiger partial charge >= 0.3 is 5.97 Å². The number of hydrogen-bond donors (Lipinski definition) is 4. The summed E-state index contributed by atoms with van der Waals surface area (Å²) in [4.78, 5) is 22.0. The van der Waals surface area contributed by atoms with Crippen LogP contribution in [-0.4, -0.2) is 102 Å². The van der Waals surface area contributed by atoms with Gasteiger partial charge in [-0.2, -0.15) is 0 Å². The molecule has 12 nitrogen and oxygen atoms in total. The molecule has 0 spiro atoms. The molecule has 0 aliphatic heterocycles. The Labute approximate surface area is 187 Å². The van der Waals surface area contributed by atoms with Crippen LogP contribution >= 0.6 is 0 Å². The molecule has 4 N–H and O–H groups in total. The monoisotopic (exact) mass is 479 g/mol. The van der Waals surface area contributed by atoms with Crippen molar-refractivity contribution in [3.63, 3.8) is 0 Å². The van der Waals surface area contributed by atoms with Crippen molar-refractivity contribution >= 4 is 21.7 Å². The maximum absolute atomic E-state index is 12.4. The van der Waals surface area contributed by atoms with Crippen LogP contribution in [0.15, 0.2) is 29.2 Å². The van der Waals surface area contributed by atoms with Crippen molar-refractivity contribution in [3.8, 4) is 0 Å². The number of hydrogen-bond acceptors (Lipinski definition) is 9. The van der Waals surface area contributed by atoms with E-state index in [9.17, 15) is 23.3 Å². The zero-order valence-electron chi connectivity index (χ0n) is 18.2. The highest BCUT2D eigenvalue weighted by molar-refractivity contribution is 7.89. The number of carboxylic acid groups (broad SMARTS) is 1. The van der Waals surface area contributed by atoms with Crippen molar-refractivity contribution in [2.24, 2.45) is 0 Å². The van der Waals surface area contributed by atoms with Crippen LogP contribution in [0.25, 0.3) is 0 Å². The number of nitro benzene ring substituents is 1. The molecule has 0 aliphatic rings. The van der Waals surface area contributed by atoms with Crippen molar-refractivity contribution < 1.29 is 38.6 Å². The summed E-state index contributed by atoms with van der Waals surface area (Å²) in [6.45, 7) is 1.93. The number of unbranched alkanes of at least 4 members (excludes halogenated alkanes) is 2. The van der Waals surface area contributed by atoms with Crippen LogP contribution in [0.3, 0.4) is 0 Å². The fourth-order valence-electron chi connectivity index (χ4n) is 2.66. The molecule has 0 saturated carbocycles. The molecule has 1 aromatic rings. The van der Waals surface area contributed by atoms with Crippen molar-refractivity contribution in [2.75, 3.05) is 53.0 Å². The highest BCUT2D eigenvalue weighted by atomic mass is 32.2. The van der Waals surface area contributed by atoms with Crippen LogP contribution in [0.4, 0.5) is 5.69 Å². The molecular formula is C19H33N3O9S. The third-order valence-corrected chi connectivity index (χ3v) is 6.27. The molecule has 0 amide bonds. The third kappa shape index (κ3) is 11.5. The van der Waals surface area contributed by atoms with Crippen molar-refractivity contribution in [1.82, 2.24) is 9.21 Å². The standard InChI is InChI=1S/C13H18N2O6S.C6H15NO3/c1-14(10-6-2-3-9-13(16)17)22(20,21)12-8-5-4-7-11(12)15(18)19;8-4-1-7(2-5-9)3-6-10/h4-5,7-8H,2-3,6,9-10H2,1H3,(H,16,17);8-10H,1-6H2. The minimum Gasteiger partial charge on any atom is -0.481 e. The van der Waals surface area contributed by atoms with Gasteiger partial charge in [0.1, 0.15) is 0 Å². The van der Waals surface area contributed by atoms with Crippen LogP contribution in [0.1, 0.15) is 25.7 Å². The van der Waals surface area contributed by atoms with Gasteiger partial charge in [-0.3, -0.25) is 19.8 Å². The number of aliphatic carboxylic acids is 1. The average Bonchev–Trinajstić information content (AvgIpc) is 2.74. The number of rotatable bonds is 15. The van der Waals surface area contributed by atoms with E-state index in [1.54, 1.807) is 4.90 Å². The number of aliphatic hydroxyl groups is 3. The van der Waals surface area contributed by atoms with Gasteiger partial charge in [-0.25, -0.2) is 12.7 Å². The van der Waals surface area contributed by atoms with E-state index in [0.29, 0.717) is 38.9 Å². The zero-order chi connectivity index (χ0) is 24.6. The Hall–Kier alpha value is -2.16. The lowest BCUT2D eigenvalue weighted by molar-refractivity contribution is -0.387.